The van der Waals surface area contributed by atoms with Crippen molar-refractivity contribution in [1.82, 2.24) is 14.9 Å². The second-order valence-electron chi connectivity index (χ2n) is 5.41. The number of nitrogens with zero attached hydrogens (tertiary/aromatic N) is 3. The Labute approximate surface area is 109 Å². The van der Waals surface area contributed by atoms with Gasteiger partial charge in [0.25, 0.3) is 0 Å². The molecule has 1 aromatic heterocycles. The fourth-order valence-electron chi connectivity index (χ4n) is 1.88. The molecule has 18 heavy (non-hydrogen) atoms. The van der Waals surface area contributed by atoms with Crippen molar-refractivity contribution in [2.75, 3.05) is 45.3 Å². The number of nitrogens with two attached hydrogens (primary N) is 1. The molecule has 0 saturated carbocycles. The summed E-state index contributed by atoms with van der Waals surface area (Å²) in [7, 11) is 5.68. The number of methoxy groups -OCH3 is 1. The van der Waals surface area contributed by atoms with Crippen LogP contribution in [0.5, 0.6) is 5.88 Å². The number of nitrogen functional groups attached to an aromatic ring is 1. The Morgan fingerprint density at radius 2 is 2.06 bits per heavy atom. The lowest BCUT2D eigenvalue weighted by Crippen LogP contribution is -2.34. The second kappa shape index (κ2) is 5.86. The molecule has 0 aliphatic heterocycles. The van der Waals surface area contributed by atoms with E-state index in [9.17, 15) is 0 Å². The molecule has 0 radical (unpaired) electrons. The highest BCUT2D eigenvalue weighted by Crippen LogP contribution is 2.19. The van der Waals surface area contributed by atoms with Gasteiger partial charge in [0.15, 0.2) is 0 Å². The Morgan fingerprint density at radius 1 is 1.39 bits per heavy atom. The van der Waals surface area contributed by atoms with Crippen molar-refractivity contribution in [1.29, 1.82) is 0 Å². The normalized spacial score (nSPS) is 11.7. The van der Waals surface area contributed by atoms with E-state index in [1.807, 2.05) is 0 Å². The van der Waals surface area contributed by atoms with Gasteiger partial charge in [-0.15, -0.1) is 0 Å². The Bertz CT molecular complexity index is 392. The Kier molecular flexibility index (Phi) is 4.72. The van der Waals surface area contributed by atoms with Gasteiger partial charge in [0, 0.05) is 19.2 Å². The second-order valence-corrected chi connectivity index (χ2v) is 5.41. The van der Waals surface area contributed by atoms with E-state index in [-0.39, 0.29) is 11.4 Å². The zero-order valence-corrected chi connectivity index (χ0v) is 11.8. The predicted octanol–water partition coefficient (Wildman–Crippen LogP) is 1.07. The number of rotatable bonds is 6. The summed E-state index contributed by atoms with van der Waals surface area (Å²) in [5.41, 5.74) is 5.74. The smallest absolute Gasteiger partial charge is 0.225 e. The largest absolute Gasteiger partial charge is 0.481 e. The van der Waals surface area contributed by atoms with Crippen molar-refractivity contribution in [3.8, 4) is 5.88 Å². The molecule has 6 nitrogen and oxygen atoms in total. The monoisotopic (exact) mass is 253 g/mol. The summed E-state index contributed by atoms with van der Waals surface area (Å²) in [4.78, 5) is 10.2. The molecular weight excluding hydrogens is 230 g/mol. The van der Waals surface area contributed by atoms with Gasteiger partial charge >= 0.3 is 0 Å². The third-order valence-corrected chi connectivity index (χ3v) is 2.42. The molecule has 1 aromatic rings. The van der Waals surface area contributed by atoms with Crippen LogP contribution in [0.1, 0.15) is 13.8 Å². The molecule has 3 N–H and O–H groups in total. The van der Waals surface area contributed by atoms with Gasteiger partial charge in [-0.2, -0.15) is 9.97 Å². The highest BCUT2D eigenvalue weighted by molar-refractivity contribution is 5.42. The average molecular weight is 253 g/mol. The lowest BCUT2D eigenvalue weighted by molar-refractivity contribution is 0.254. The quantitative estimate of drug-likeness (QED) is 0.789. The van der Waals surface area contributed by atoms with E-state index in [2.05, 4.69) is 48.1 Å². The minimum absolute atomic E-state index is 0.135. The van der Waals surface area contributed by atoms with Crippen LogP contribution in [0.3, 0.4) is 0 Å². The van der Waals surface area contributed by atoms with Gasteiger partial charge in [-0.25, -0.2) is 0 Å². The van der Waals surface area contributed by atoms with E-state index in [4.69, 9.17) is 10.5 Å². The molecule has 0 aromatic carbocycles. The number of hydrogen-bond donors (Lipinski definition) is 2. The summed E-state index contributed by atoms with van der Waals surface area (Å²) in [5.74, 6) is 1.36. The third-order valence-electron chi connectivity index (χ3n) is 2.42. The van der Waals surface area contributed by atoms with Crippen molar-refractivity contribution in [2.45, 2.75) is 13.8 Å². The Morgan fingerprint density at radius 3 is 2.61 bits per heavy atom. The first-order valence-electron chi connectivity index (χ1n) is 5.89. The van der Waals surface area contributed by atoms with E-state index < -0.39 is 0 Å². The van der Waals surface area contributed by atoms with Crippen LogP contribution in [-0.2, 0) is 0 Å². The van der Waals surface area contributed by atoms with Crippen molar-refractivity contribution in [3.63, 3.8) is 0 Å². The Balaban J connectivity index is 2.65. The highest BCUT2D eigenvalue weighted by atomic mass is 16.5. The number of anilines is 2. The highest BCUT2D eigenvalue weighted by Gasteiger charge is 2.19. The summed E-state index contributed by atoms with van der Waals surface area (Å²) in [5, 5.41) is 3.27. The first-order chi connectivity index (χ1) is 8.32. The topological polar surface area (TPSA) is 76.3 Å². The minimum atomic E-state index is 0.135. The first-order valence-corrected chi connectivity index (χ1v) is 5.89. The summed E-state index contributed by atoms with van der Waals surface area (Å²) in [6.45, 7) is 6.17. The fourth-order valence-corrected chi connectivity index (χ4v) is 1.88. The van der Waals surface area contributed by atoms with Gasteiger partial charge in [-0.1, -0.05) is 13.8 Å². The van der Waals surface area contributed by atoms with Gasteiger partial charge in [-0.3, -0.25) is 0 Å². The summed E-state index contributed by atoms with van der Waals surface area (Å²) in [6, 6.07) is 1.74. The molecule has 102 valence electrons. The summed E-state index contributed by atoms with van der Waals surface area (Å²) < 4.78 is 5.05. The molecule has 0 aliphatic rings. The standard InChI is InChI=1S/C12H23N5O/c1-12(2,8-17(3)4)7-14-9-6-10(18-5)16-11(13)15-9/h6H,7-8H2,1-5H3,(H3,13,14,15,16). The number of aromatic nitrogens is 2. The maximum absolute atomic E-state index is 5.60. The first kappa shape index (κ1) is 14.5. The predicted molar refractivity (Wildman–Crippen MR) is 73.8 cm³/mol. The van der Waals surface area contributed by atoms with Crippen LogP contribution in [-0.4, -0.2) is 49.2 Å². The van der Waals surface area contributed by atoms with Crippen LogP contribution in [0.4, 0.5) is 11.8 Å². The summed E-state index contributed by atoms with van der Waals surface area (Å²) >= 11 is 0. The van der Waals surface area contributed by atoms with Gasteiger partial charge in [0.05, 0.1) is 7.11 Å². The molecule has 0 bridgehead atoms. The van der Waals surface area contributed by atoms with E-state index in [0.717, 1.165) is 13.1 Å². The van der Waals surface area contributed by atoms with Crippen LogP contribution in [0, 0.1) is 5.41 Å². The minimum Gasteiger partial charge on any atom is -0.481 e. The molecular formula is C12H23N5O. The zero-order chi connectivity index (χ0) is 13.8. The molecule has 6 heteroatoms. The van der Waals surface area contributed by atoms with Crippen molar-refractivity contribution in [2.24, 2.45) is 5.41 Å². The lowest BCUT2D eigenvalue weighted by Gasteiger charge is -2.28. The molecule has 1 heterocycles. The maximum atomic E-state index is 5.60. The van der Waals surface area contributed by atoms with Crippen LogP contribution in [0.15, 0.2) is 6.07 Å². The molecule has 0 fully saturated rings. The Hall–Kier alpha value is -1.56. The van der Waals surface area contributed by atoms with Gasteiger partial charge < -0.3 is 20.7 Å². The average Bonchev–Trinajstić information content (AvgIpc) is 2.24. The maximum Gasteiger partial charge on any atom is 0.225 e. The SMILES string of the molecule is COc1cc(NCC(C)(C)CN(C)C)nc(N)n1. The van der Waals surface area contributed by atoms with E-state index >= 15 is 0 Å². The van der Waals surface area contributed by atoms with E-state index in [0.29, 0.717) is 11.7 Å². The molecule has 0 atom stereocenters. The molecule has 0 amide bonds. The van der Waals surface area contributed by atoms with E-state index in [1.54, 1.807) is 13.2 Å². The van der Waals surface area contributed by atoms with Gasteiger partial charge in [0.2, 0.25) is 11.8 Å². The summed E-state index contributed by atoms with van der Waals surface area (Å²) in [6.07, 6.45) is 0. The number of hydrogen-bond acceptors (Lipinski definition) is 6. The van der Waals surface area contributed by atoms with Crippen LogP contribution < -0.4 is 15.8 Å². The molecule has 0 saturated heterocycles. The van der Waals surface area contributed by atoms with Crippen molar-refractivity contribution in [3.05, 3.63) is 6.07 Å². The van der Waals surface area contributed by atoms with Crippen LogP contribution in [0.25, 0.3) is 0 Å². The number of nitrogens with one attached hydrogen (secondary N) is 1. The fraction of sp³-hybridized carbons (Fsp3) is 0.667. The van der Waals surface area contributed by atoms with Gasteiger partial charge in [-0.05, 0) is 19.5 Å². The van der Waals surface area contributed by atoms with Crippen molar-refractivity contribution < 1.29 is 4.74 Å². The lowest BCUT2D eigenvalue weighted by atomic mass is 9.93. The van der Waals surface area contributed by atoms with Crippen molar-refractivity contribution >= 4 is 11.8 Å². The van der Waals surface area contributed by atoms with Crippen LogP contribution >= 0.6 is 0 Å². The molecule has 0 aliphatic carbocycles. The van der Waals surface area contributed by atoms with Crippen LogP contribution in [0.2, 0.25) is 0 Å². The molecule has 1 rings (SSSR count). The zero-order valence-electron chi connectivity index (χ0n) is 11.8. The molecule has 0 spiro atoms. The third kappa shape index (κ3) is 4.75. The number of ether oxygens (including phenoxy) is 1. The van der Waals surface area contributed by atoms with E-state index in [1.165, 1.54) is 0 Å². The van der Waals surface area contributed by atoms with Gasteiger partial charge in [0.1, 0.15) is 5.82 Å². The molecule has 0 unspecified atom stereocenters.